The van der Waals surface area contributed by atoms with Gasteiger partial charge in [-0.1, -0.05) is 54.1 Å². The molecule has 0 fully saturated rings. The van der Waals surface area contributed by atoms with Gasteiger partial charge in [-0.05, 0) is 42.0 Å². The number of carbonyl (C=O) groups is 1. The van der Waals surface area contributed by atoms with Crippen molar-refractivity contribution in [3.05, 3.63) is 76.4 Å². The van der Waals surface area contributed by atoms with Crippen molar-refractivity contribution in [2.24, 2.45) is 10.7 Å². The number of hydrogen-bond acceptors (Lipinski definition) is 2. The number of amides is 1. The fourth-order valence-corrected chi connectivity index (χ4v) is 4.24. The van der Waals surface area contributed by atoms with Crippen molar-refractivity contribution in [3.8, 4) is 0 Å². The Morgan fingerprint density at radius 1 is 1.15 bits per heavy atom. The van der Waals surface area contributed by atoms with Crippen LogP contribution in [0, 0.1) is 6.92 Å². The Balaban J connectivity index is 1.89. The lowest BCUT2D eigenvalue weighted by molar-refractivity contribution is -0.119. The SMILES string of the molecule is CN=C(N)C1=C(c2ccc(C)cc2)CC2(CCc3ccccc32)NC1=O. The van der Waals surface area contributed by atoms with E-state index in [1.807, 2.05) is 6.07 Å². The quantitative estimate of drug-likeness (QED) is 0.649. The standard InChI is InChI=1S/C22H23N3O/c1-14-7-9-15(10-8-14)17-13-22(25-21(26)19(17)20(23)24-2)12-11-16-5-3-4-6-18(16)22/h3-10H,11-13H2,1-2H3,(H2,23,24)(H,25,26). The second-order valence-corrected chi connectivity index (χ2v) is 7.20. The molecule has 2 aliphatic rings. The van der Waals surface area contributed by atoms with Gasteiger partial charge in [-0.2, -0.15) is 0 Å². The summed E-state index contributed by atoms with van der Waals surface area (Å²) in [5.74, 6) is 0.158. The van der Waals surface area contributed by atoms with Crippen molar-refractivity contribution < 1.29 is 4.79 Å². The fraction of sp³-hybridized carbons (Fsp3) is 0.273. The topological polar surface area (TPSA) is 67.5 Å². The normalized spacial score (nSPS) is 22.5. The summed E-state index contributed by atoms with van der Waals surface area (Å²) < 4.78 is 0. The number of nitrogens with two attached hydrogens (primary N) is 1. The minimum Gasteiger partial charge on any atom is -0.383 e. The number of rotatable bonds is 2. The lowest BCUT2D eigenvalue weighted by Gasteiger charge is -2.38. The zero-order valence-corrected chi connectivity index (χ0v) is 15.2. The van der Waals surface area contributed by atoms with E-state index in [4.69, 9.17) is 5.73 Å². The number of carbonyl (C=O) groups excluding carboxylic acids is 1. The molecule has 1 amide bonds. The van der Waals surface area contributed by atoms with Crippen LogP contribution in [-0.4, -0.2) is 18.8 Å². The summed E-state index contributed by atoms with van der Waals surface area (Å²) in [6.07, 6.45) is 2.61. The largest absolute Gasteiger partial charge is 0.383 e. The van der Waals surface area contributed by atoms with Crippen molar-refractivity contribution in [2.75, 3.05) is 7.05 Å². The van der Waals surface area contributed by atoms with E-state index in [0.717, 1.165) is 30.4 Å². The van der Waals surface area contributed by atoms with Crippen LogP contribution < -0.4 is 11.1 Å². The predicted molar refractivity (Wildman–Crippen MR) is 105 cm³/mol. The van der Waals surface area contributed by atoms with Crippen molar-refractivity contribution in [2.45, 2.75) is 31.7 Å². The molecule has 0 bridgehead atoms. The van der Waals surface area contributed by atoms with Crippen LogP contribution in [0.15, 0.2) is 59.1 Å². The summed E-state index contributed by atoms with van der Waals surface area (Å²) in [5.41, 5.74) is 12.0. The van der Waals surface area contributed by atoms with Crippen LogP contribution >= 0.6 is 0 Å². The molecule has 0 saturated carbocycles. The maximum atomic E-state index is 13.1. The first-order valence-electron chi connectivity index (χ1n) is 8.98. The molecule has 1 heterocycles. The second kappa shape index (κ2) is 6.13. The van der Waals surface area contributed by atoms with E-state index in [0.29, 0.717) is 11.4 Å². The average Bonchev–Trinajstić information content (AvgIpc) is 2.99. The van der Waals surface area contributed by atoms with Gasteiger partial charge in [0.05, 0.1) is 11.1 Å². The van der Waals surface area contributed by atoms with E-state index in [2.05, 4.69) is 59.7 Å². The lowest BCUT2D eigenvalue weighted by Crippen LogP contribution is -2.50. The van der Waals surface area contributed by atoms with Crippen LogP contribution in [-0.2, 0) is 16.8 Å². The Kier molecular flexibility index (Phi) is 3.91. The number of benzene rings is 2. The van der Waals surface area contributed by atoms with Gasteiger partial charge in [0, 0.05) is 13.5 Å². The minimum atomic E-state index is -0.356. The van der Waals surface area contributed by atoms with Gasteiger partial charge < -0.3 is 11.1 Å². The summed E-state index contributed by atoms with van der Waals surface area (Å²) in [7, 11) is 1.62. The first-order valence-corrected chi connectivity index (χ1v) is 8.98. The zero-order chi connectivity index (χ0) is 18.3. The molecule has 0 aromatic heterocycles. The van der Waals surface area contributed by atoms with Crippen molar-refractivity contribution >= 4 is 17.3 Å². The van der Waals surface area contributed by atoms with Crippen LogP contribution in [0.4, 0.5) is 0 Å². The first-order chi connectivity index (χ1) is 12.5. The fourth-order valence-electron chi connectivity index (χ4n) is 4.24. The zero-order valence-electron chi connectivity index (χ0n) is 15.2. The molecular formula is C22H23N3O. The molecule has 1 aliphatic carbocycles. The molecule has 1 atom stereocenters. The lowest BCUT2D eigenvalue weighted by atomic mass is 9.77. The van der Waals surface area contributed by atoms with Crippen LogP contribution in [0.5, 0.6) is 0 Å². The van der Waals surface area contributed by atoms with Gasteiger partial charge >= 0.3 is 0 Å². The molecular weight excluding hydrogens is 322 g/mol. The summed E-state index contributed by atoms with van der Waals surface area (Å²) in [5, 5.41) is 3.27. The number of aliphatic imine (C=N–C) groups is 1. The number of nitrogens with zero attached hydrogens (tertiary/aromatic N) is 1. The van der Waals surface area contributed by atoms with Gasteiger partial charge in [-0.3, -0.25) is 9.79 Å². The molecule has 1 spiro atoms. The Bertz CT molecular complexity index is 940. The number of fused-ring (bicyclic) bond motifs is 2. The molecule has 26 heavy (non-hydrogen) atoms. The Labute approximate surface area is 153 Å². The van der Waals surface area contributed by atoms with E-state index in [1.54, 1.807) is 7.05 Å². The molecule has 4 heteroatoms. The summed E-state index contributed by atoms with van der Waals surface area (Å²) in [6, 6.07) is 16.7. The Morgan fingerprint density at radius 2 is 1.88 bits per heavy atom. The smallest absolute Gasteiger partial charge is 0.256 e. The molecule has 4 nitrogen and oxygen atoms in total. The van der Waals surface area contributed by atoms with Crippen molar-refractivity contribution in [3.63, 3.8) is 0 Å². The Hall–Kier alpha value is -2.88. The maximum Gasteiger partial charge on any atom is 0.256 e. The third kappa shape index (κ3) is 2.53. The van der Waals surface area contributed by atoms with Crippen molar-refractivity contribution in [1.29, 1.82) is 0 Å². The monoisotopic (exact) mass is 345 g/mol. The number of hydrogen-bond donors (Lipinski definition) is 2. The van der Waals surface area contributed by atoms with Crippen LogP contribution in [0.1, 0.15) is 35.1 Å². The number of nitrogens with one attached hydrogen (secondary N) is 1. The van der Waals surface area contributed by atoms with E-state index >= 15 is 0 Å². The molecule has 1 aliphatic heterocycles. The number of aryl methyl sites for hydroxylation is 2. The summed E-state index contributed by atoms with van der Waals surface area (Å²) in [4.78, 5) is 17.2. The molecule has 2 aromatic rings. The molecule has 2 aromatic carbocycles. The molecule has 4 rings (SSSR count). The molecule has 0 radical (unpaired) electrons. The molecule has 0 saturated heterocycles. The molecule has 3 N–H and O–H groups in total. The van der Waals surface area contributed by atoms with Crippen LogP contribution in [0.3, 0.4) is 0 Å². The highest BCUT2D eigenvalue weighted by atomic mass is 16.2. The van der Waals surface area contributed by atoms with E-state index in [1.165, 1.54) is 16.7 Å². The Morgan fingerprint density at radius 3 is 2.62 bits per heavy atom. The van der Waals surface area contributed by atoms with Gasteiger partial charge in [0.2, 0.25) is 0 Å². The highest BCUT2D eigenvalue weighted by molar-refractivity contribution is 6.26. The highest BCUT2D eigenvalue weighted by Gasteiger charge is 2.45. The predicted octanol–water partition coefficient (Wildman–Crippen LogP) is 3.10. The molecule has 132 valence electrons. The minimum absolute atomic E-state index is 0.133. The van der Waals surface area contributed by atoms with E-state index < -0.39 is 0 Å². The first kappa shape index (κ1) is 16.6. The van der Waals surface area contributed by atoms with Gasteiger partial charge in [0.1, 0.15) is 5.84 Å². The van der Waals surface area contributed by atoms with Gasteiger partial charge in [0.15, 0.2) is 0 Å². The van der Waals surface area contributed by atoms with Gasteiger partial charge in [-0.25, -0.2) is 0 Å². The highest BCUT2D eigenvalue weighted by Crippen LogP contribution is 2.46. The molecule has 1 unspecified atom stereocenters. The van der Waals surface area contributed by atoms with Crippen molar-refractivity contribution in [1.82, 2.24) is 5.32 Å². The number of amidine groups is 1. The summed E-state index contributed by atoms with van der Waals surface area (Å²) >= 11 is 0. The van der Waals surface area contributed by atoms with Gasteiger partial charge in [-0.15, -0.1) is 0 Å². The third-order valence-electron chi connectivity index (χ3n) is 5.61. The van der Waals surface area contributed by atoms with E-state index in [9.17, 15) is 4.79 Å². The van der Waals surface area contributed by atoms with Crippen LogP contribution in [0.2, 0.25) is 0 Å². The third-order valence-corrected chi connectivity index (χ3v) is 5.61. The van der Waals surface area contributed by atoms with Gasteiger partial charge in [0.25, 0.3) is 5.91 Å². The average molecular weight is 345 g/mol. The van der Waals surface area contributed by atoms with Crippen LogP contribution in [0.25, 0.3) is 5.57 Å². The summed E-state index contributed by atoms with van der Waals surface area (Å²) in [6.45, 7) is 2.06. The maximum absolute atomic E-state index is 13.1. The second-order valence-electron chi connectivity index (χ2n) is 7.20. The van der Waals surface area contributed by atoms with E-state index in [-0.39, 0.29) is 11.4 Å².